The number of ether oxygens (including phenoxy) is 2. The van der Waals surface area contributed by atoms with Gasteiger partial charge in [-0.2, -0.15) is 4.31 Å². The smallest absolute Gasteiger partial charge is 0.408 e. The van der Waals surface area contributed by atoms with Crippen LogP contribution in [0.15, 0.2) is 71.6 Å². The molecule has 1 heterocycles. The molecule has 0 bridgehead atoms. The van der Waals surface area contributed by atoms with Gasteiger partial charge in [-0.05, 0) is 62.6 Å². The van der Waals surface area contributed by atoms with Gasteiger partial charge in [0, 0.05) is 29.8 Å². The van der Waals surface area contributed by atoms with Crippen molar-refractivity contribution in [3.05, 3.63) is 89.7 Å². The molecule has 1 fully saturated rings. The molecule has 15 heteroatoms. The van der Waals surface area contributed by atoms with Gasteiger partial charge in [0.2, 0.25) is 15.9 Å². The van der Waals surface area contributed by atoms with Crippen LogP contribution in [0.2, 0.25) is 0 Å². The predicted octanol–water partition coefficient (Wildman–Crippen LogP) is 6.17. The summed E-state index contributed by atoms with van der Waals surface area (Å²) in [5, 5.41) is 3.75. The fourth-order valence-electron chi connectivity index (χ4n) is 5.22. The predicted molar refractivity (Wildman–Crippen MR) is 183 cm³/mol. The quantitative estimate of drug-likeness (QED) is 0.211. The molecule has 1 saturated heterocycles. The second kappa shape index (κ2) is 16.3. The largest absolute Gasteiger partial charge is 0.464 e. The number of nitrogens with one attached hydrogen (secondary N) is 2. The lowest BCUT2D eigenvalue weighted by Gasteiger charge is -2.27. The van der Waals surface area contributed by atoms with Crippen molar-refractivity contribution in [1.82, 2.24) is 14.9 Å². The van der Waals surface area contributed by atoms with Gasteiger partial charge < -0.3 is 20.1 Å². The third kappa shape index (κ3) is 9.58. The molecule has 0 radical (unpaired) electrons. The third-order valence-corrected chi connectivity index (χ3v) is 10.8. The Bertz CT molecular complexity index is 1780. The first-order valence-corrected chi connectivity index (χ1v) is 18.4. The molecule has 1 aliphatic rings. The first kappa shape index (κ1) is 38.7. The number of nitrogens with zero attached hydrogens (tertiary/aromatic N) is 1. The minimum absolute atomic E-state index is 0.0161. The van der Waals surface area contributed by atoms with E-state index in [1.807, 2.05) is 0 Å². The number of alkyl carbamates (subject to hydrolysis) is 1. The van der Waals surface area contributed by atoms with Crippen molar-refractivity contribution in [3.8, 4) is 11.1 Å². The molecule has 0 spiro atoms. The number of benzene rings is 3. The summed E-state index contributed by atoms with van der Waals surface area (Å²) in [4.78, 5) is 38.8. The van der Waals surface area contributed by atoms with Crippen LogP contribution >= 0.6 is 11.8 Å². The van der Waals surface area contributed by atoms with E-state index in [0.717, 1.165) is 34.3 Å². The Balaban J connectivity index is 1.50. The zero-order chi connectivity index (χ0) is 36.8. The molecule has 2 N–H and O–H groups in total. The average molecular weight is 736 g/mol. The van der Waals surface area contributed by atoms with Crippen LogP contribution < -0.4 is 10.6 Å². The Labute approximate surface area is 294 Å². The number of carbonyl (C=O) groups excluding carboxylic acids is 3. The van der Waals surface area contributed by atoms with Gasteiger partial charge in [0.05, 0.1) is 17.5 Å². The number of hydrogen-bond acceptors (Lipinski definition) is 8. The van der Waals surface area contributed by atoms with E-state index in [1.165, 1.54) is 30.3 Å². The fourth-order valence-corrected chi connectivity index (χ4v) is 8.30. The summed E-state index contributed by atoms with van der Waals surface area (Å²) in [6.45, 7) is 7.92. The number of amides is 2. The summed E-state index contributed by atoms with van der Waals surface area (Å²) >= 11 is 1.03. The topological polar surface area (TPSA) is 131 Å². The number of hydrogen-bond donors (Lipinski definition) is 2. The van der Waals surface area contributed by atoms with E-state index in [0.29, 0.717) is 11.1 Å². The third-order valence-electron chi connectivity index (χ3n) is 7.63. The second-order valence-electron chi connectivity index (χ2n) is 12.9. The number of halogens is 3. The number of esters is 1. The molecule has 2 amide bonds. The normalized spacial score (nSPS) is 16.5. The monoisotopic (exact) mass is 735 g/mol. The molecule has 0 aromatic heterocycles. The molecule has 0 aliphatic carbocycles. The highest BCUT2D eigenvalue weighted by Gasteiger charge is 2.41. The maximum Gasteiger partial charge on any atom is 0.408 e. The van der Waals surface area contributed by atoms with E-state index in [1.54, 1.807) is 52.8 Å². The van der Waals surface area contributed by atoms with Gasteiger partial charge in [0.1, 0.15) is 34.5 Å². The first-order valence-electron chi connectivity index (χ1n) is 15.9. The van der Waals surface area contributed by atoms with Gasteiger partial charge in [-0.1, -0.05) is 50.2 Å². The minimum Gasteiger partial charge on any atom is -0.464 e. The number of carbonyl (C=O) groups is 3. The van der Waals surface area contributed by atoms with Crippen LogP contribution in [0.3, 0.4) is 0 Å². The Morgan fingerprint density at radius 1 is 0.920 bits per heavy atom. The van der Waals surface area contributed by atoms with Crippen LogP contribution in [-0.4, -0.2) is 66.6 Å². The van der Waals surface area contributed by atoms with Gasteiger partial charge in [-0.25, -0.2) is 31.2 Å². The van der Waals surface area contributed by atoms with Gasteiger partial charge in [0.15, 0.2) is 0 Å². The number of rotatable bonds is 12. The van der Waals surface area contributed by atoms with Crippen molar-refractivity contribution < 1.29 is 45.4 Å². The van der Waals surface area contributed by atoms with Gasteiger partial charge in [-0.3, -0.25) is 4.79 Å². The maximum absolute atomic E-state index is 15.0. The zero-order valence-corrected chi connectivity index (χ0v) is 29.9. The van der Waals surface area contributed by atoms with Gasteiger partial charge >= 0.3 is 12.1 Å². The Morgan fingerprint density at radius 2 is 1.54 bits per heavy atom. The van der Waals surface area contributed by atoms with E-state index in [9.17, 15) is 36.0 Å². The summed E-state index contributed by atoms with van der Waals surface area (Å²) in [6.07, 6.45) is -1.12. The summed E-state index contributed by atoms with van der Waals surface area (Å²) in [5.74, 6) is -4.19. The molecule has 10 nitrogen and oxygen atoms in total. The molecule has 1 unspecified atom stereocenters. The van der Waals surface area contributed by atoms with Crippen LogP contribution in [0.5, 0.6) is 0 Å². The molecule has 270 valence electrons. The van der Waals surface area contributed by atoms with Crippen LogP contribution in [0, 0.1) is 23.4 Å². The second-order valence-corrected chi connectivity index (χ2v) is 15.9. The zero-order valence-electron chi connectivity index (χ0n) is 28.2. The lowest BCUT2D eigenvalue weighted by Crippen LogP contribution is -2.47. The SMILES string of the molecule is CC(C)C(NC(=O)OC(C)(C)C)C(=O)OCC[C@H](NC(=O)[C@@H]1SCCN1S(=O)(=O)c1ccc(-c2ccccc2F)cc1)c1c(F)cccc1F. The fraction of sp³-hybridized carbons (Fsp3) is 0.400. The van der Waals surface area contributed by atoms with Crippen molar-refractivity contribution in [3.63, 3.8) is 0 Å². The van der Waals surface area contributed by atoms with E-state index < -0.39 is 86.6 Å². The Morgan fingerprint density at radius 3 is 2.14 bits per heavy atom. The molecule has 3 aromatic rings. The highest BCUT2D eigenvalue weighted by molar-refractivity contribution is 8.02. The Hall–Kier alpha value is -4.08. The minimum atomic E-state index is -4.23. The molecule has 3 aromatic carbocycles. The molecule has 50 heavy (non-hydrogen) atoms. The highest BCUT2D eigenvalue weighted by Crippen LogP contribution is 2.33. The summed E-state index contributed by atoms with van der Waals surface area (Å²) in [7, 11) is -4.23. The van der Waals surface area contributed by atoms with E-state index in [-0.39, 0.29) is 23.6 Å². The first-order chi connectivity index (χ1) is 23.5. The van der Waals surface area contributed by atoms with Crippen molar-refractivity contribution in [2.75, 3.05) is 18.9 Å². The molecule has 4 rings (SSSR count). The van der Waals surface area contributed by atoms with E-state index in [4.69, 9.17) is 9.47 Å². The highest BCUT2D eigenvalue weighted by atomic mass is 32.2. The molecule has 1 aliphatic heterocycles. The molecule has 0 saturated carbocycles. The van der Waals surface area contributed by atoms with Crippen LogP contribution in [0.4, 0.5) is 18.0 Å². The maximum atomic E-state index is 15.0. The van der Waals surface area contributed by atoms with Crippen molar-refractivity contribution in [2.45, 2.75) is 69.0 Å². The average Bonchev–Trinajstić information content (AvgIpc) is 3.54. The Kier molecular flexibility index (Phi) is 12.6. The van der Waals surface area contributed by atoms with Crippen molar-refractivity contribution in [1.29, 1.82) is 0 Å². The van der Waals surface area contributed by atoms with Crippen LogP contribution in [0.1, 0.15) is 52.6 Å². The molecule has 3 atom stereocenters. The van der Waals surface area contributed by atoms with Gasteiger partial charge in [0.25, 0.3) is 0 Å². The van der Waals surface area contributed by atoms with E-state index >= 15 is 0 Å². The van der Waals surface area contributed by atoms with Crippen LogP contribution in [-0.2, 0) is 29.1 Å². The summed E-state index contributed by atoms with van der Waals surface area (Å²) < 4.78 is 83.3. The summed E-state index contributed by atoms with van der Waals surface area (Å²) in [5.41, 5.74) is -0.555. The van der Waals surface area contributed by atoms with Crippen LogP contribution in [0.25, 0.3) is 11.1 Å². The van der Waals surface area contributed by atoms with Crippen molar-refractivity contribution >= 4 is 39.8 Å². The van der Waals surface area contributed by atoms with Crippen molar-refractivity contribution in [2.24, 2.45) is 5.92 Å². The lowest BCUT2D eigenvalue weighted by molar-refractivity contribution is -0.147. The molecular formula is C35H40F3N3O7S2. The number of sulfonamides is 1. The van der Waals surface area contributed by atoms with Gasteiger partial charge in [-0.15, -0.1) is 11.8 Å². The standard InChI is InChI=1S/C35H40F3N3O7S2/c1-21(2)30(40-34(44)48-35(3,4)5)33(43)47-19-17-28(29-26(37)11-8-12-27(29)38)39-31(42)32-41(18-20-49-32)50(45,46)23-15-13-22(14-16-23)24-9-6-7-10-25(24)36/h6-16,21,28,30,32H,17-20H2,1-5H3,(H,39,42)(H,40,44)/t28-,30?,32-/m0/s1. The molecular weight excluding hydrogens is 696 g/mol. The van der Waals surface area contributed by atoms with E-state index in [2.05, 4.69) is 10.6 Å². The number of thioether (sulfide) groups is 1. The summed E-state index contributed by atoms with van der Waals surface area (Å²) in [6, 6.07) is 12.3. The lowest BCUT2D eigenvalue weighted by atomic mass is 10.0.